The predicted molar refractivity (Wildman–Crippen MR) is 96.5 cm³/mol. The van der Waals surface area contributed by atoms with Gasteiger partial charge in [-0.25, -0.2) is 0 Å². The molecule has 2 aromatic heterocycles. The maximum Gasteiger partial charge on any atom is 0.258 e. The van der Waals surface area contributed by atoms with Crippen LogP contribution in [0.3, 0.4) is 0 Å². The van der Waals surface area contributed by atoms with E-state index >= 15 is 0 Å². The summed E-state index contributed by atoms with van der Waals surface area (Å²) in [5, 5.41) is 9.31. The quantitative estimate of drug-likeness (QED) is 0.604. The van der Waals surface area contributed by atoms with Crippen LogP contribution in [0, 0.1) is 0 Å². The van der Waals surface area contributed by atoms with Crippen molar-refractivity contribution < 1.29 is 4.52 Å². The predicted octanol–water partition coefficient (Wildman–Crippen LogP) is 5.44. The third kappa shape index (κ3) is 3.22. The molecular formula is C17H15Cl2N3OS. The minimum Gasteiger partial charge on any atom is -0.334 e. The summed E-state index contributed by atoms with van der Waals surface area (Å²) in [6.45, 7) is 1.67. The molecule has 1 saturated heterocycles. The van der Waals surface area contributed by atoms with Crippen LogP contribution in [-0.2, 0) is 6.54 Å². The highest BCUT2D eigenvalue weighted by Crippen LogP contribution is 2.35. The molecular weight excluding hydrogens is 365 g/mol. The number of nitrogens with zero attached hydrogens (tertiary/aromatic N) is 3. The lowest BCUT2D eigenvalue weighted by atomic mass is 10.0. The van der Waals surface area contributed by atoms with Crippen molar-refractivity contribution >= 4 is 34.5 Å². The van der Waals surface area contributed by atoms with Crippen molar-refractivity contribution in [2.75, 3.05) is 6.54 Å². The summed E-state index contributed by atoms with van der Waals surface area (Å²) < 4.78 is 5.38. The average Bonchev–Trinajstić information content (AvgIpc) is 3.31. The maximum absolute atomic E-state index is 6.17. The Morgan fingerprint density at radius 3 is 2.96 bits per heavy atom. The minimum atomic E-state index is 0.308. The van der Waals surface area contributed by atoms with E-state index in [-0.39, 0.29) is 0 Å². The summed E-state index contributed by atoms with van der Waals surface area (Å²) in [4.78, 5) is 6.88. The van der Waals surface area contributed by atoms with E-state index < -0.39 is 0 Å². The van der Waals surface area contributed by atoms with Gasteiger partial charge in [-0.3, -0.25) is 4.90 Å². The molecule has 0 amide bonds. The van der Waals surface area contributed by atoms with E-state index in [0.29, 0.717) is 34.3 Å². The largest absolute Gasteiger partial charge is 0.334 e. The summed E-state index contributed by atoms with van der Waals surface area (Å²) in [6.07, 6.45) is 2.23. The van der Waals surface area contributed by atoms with E-state index in [4.69, 9.17) is 27.7 Å². The molecule has 1 fully saturated rings. The second kappa shape index (κ2) is 6.84. The van der Waals surface area contributed by atoms with Crippen molar-refractivity contribution in [3.8, 4) is 11.5 Å². The number of hydrogen-bond acceptors (Lipinski definition) is 5. The van der Waals surface area contributed by atoms with Crippen LogP contribution in [0.1, 0.15) is 30.3 Å². The molecule has 24 heavy (non-hydrogen) atoms. The third-order valence-corrected chi connectivity index (χ3v) is 5.70. The highest BCUT2D eigenvalue weighted by molar-refractivity contribution is 7.08. The maximum atomic E-state index is 6.17. The molecule has 3 aromatic rings. The van der Waals surface area contributed by atoms with Crippen LogP contribution in [0.25, 0.3) is 11.5 Å². The zero-order chi connectivity index (χ0) is 16.5. The lowest BCUT2D eigenvalue weighted by molar-refractivity contribution is 0.238. The molecule has 3 heterocycles. The highest BCUT2D eigenvalue weighted by atomic mass is 35.5. The van der Waals surface area contributed by atoms with E-state index in [0.717, 1.165) is 24.9 Å². The van der Waals surface area contributed by atoms with Crippen molar-refractivity contribution in [3.63, 3.8) is 0 Å². The number of thiophene rings is 1. The topological polar surface area (TPSA) is 42.2 Å². The van der Waals surface area contributed by atoms with Crippen LogP contribution >= 0.6 is 34.5 Å². The molecule has 0 radical (unpaired) electrons. The standard InChI is InChI=1S/C17H15Cl2N3OS/c18-13-4-3-11(8-14(13)19)15-2-1-6-22(15)9-16-20-17(23-21-16)12-5-7-24-10-12/h3-5,7-8,10,15H,1-2,6,9H2. The Kier molecular flexibility index (Phi) is 4.59. The summed E-state index contributed by atoms with van der Waals surface area (Å²) in [7, 11) is 0. The van der Waals surface area contributed by atoms with Gasteiger partial charge in [0.15, 0.2) is 5.82 Å². The first-order valence-electron chi connectivity index (χ1n) is 7.75. The van der Waals surface area contributed by atoms with Gasteiger partial charge in [-0.2, -0.15) is 16.3 Å². The fraction of sp³-hybridized carbons (Fsp3) is 0.294. The first kappa shape index (κ1) is 16.1. The Bertz CT molecular complexity index is 834. The molecule has 1 aliphatic heterocycles. The van der Waals surface area contributed by atoms with Crippen LogP contribution in [0.4, 0.5) is 0 Å². The minimum absolute atomic E-state index is 0.308. The SMILES string of the molecule is Clc1ccc(C2CCCN2Cc2noc(-c3ccsc3)n2)cc1Cl. The molecule has 1 aromatic carbocycles. The van der Waals surface area contributed by atoms with Gasteiger partial charge in [-0.15, -0.1) is 0 Å². The Balaban J connectivity index is 1.52. The van der Waals surface area contributed by atoms with Gasteiger partial charge < -0.3 is 4.52 Å². The normalized spacial score (nSPS) is 18.3. The van der Waals surface area contributed by atoms with Crippen molar-refractivity contribution in [3.05, 3.63) is 56.5 Å². The molecule has 1 aliphatic rings. The van der Waals surface area contributed by atoms with E-state index in [1.54, 1.807) is 11.3 Å². The average molecular weight is 380 g/mol. The number of halogens is 2. The molecule has 0 N–H and O–H groups in total. The summed E-state index contributed by atoms with van der Waals surface area (Å²) >= 11 is 13.8. The molecule has 4 nitrogen and oxygen atoms in total. The van der Waals surface area contributed by atoms with Gasteiger partial charge in [0.1, 0.15) is 0 Å². The zero-order valence-electron chi connectivity index (χ0n) is 12.8. The Morgan fingerprint density at radius 2 is 2.17 bits per heavy atom. The van der Waals surface area contributed by atoms with Gasteiger partial charge in [0, 0.05) is 11.4 Å². The smallest absolute Gasteiger partial charge is 0.258 e. The molecule has 0 aliphatic carbocycles. The first-order valence-corrected chi connectivity index (χ1v) is 9.45. The molecule has 1 atom stereocenters. The van der Waals surface area contributed by atoms with Crippen LogP contribution in [0.5, 0.6) is 0 Å². The zero-order valence-corrected chi connectivity index (χ0v) is 15.1. The number of aromatic nitrogens is 2. The van der Waals surface area contributed by atoms with Gasteiger partial charge in [-0.1, -0.05) is 34.4 Å². The van der Waals surface area contributed by atoms with Crippen molar-refractivity contribution in [2.45, 2.75) is 25.4 Å². The molecule has 7 heteroatoms. The van der Waals surface area contributed by atoms with Gasteiger partial charge in [0.2, 0.25) is 0 Å². The van der Waals surface area contributed by atoms with Crippen LogP contribution in [0.2, 0.25) is 10.0 Å². The Labute approximate surface area is 154 Å². The number of likely N-dealkylation sites (tertiary alicyclic amines) is 1. The molecule has 0 bridgehead atoms. The van der Waals surface area contributed by atoms with Crippen LogP contribution in [-0.4, -0.2) is 21.6 Å². The van der Waals surface area contributed by atoms with Crippen LogP contribution in [0.15, 0.2) is 39.5 Å². The number of hydrogen-bond donors (Lipinski definition) is 0. The fourth-order valence-corrected chi connectivity index (χ4v) is 4.05. The molecule has 4 rings (SSSR count). The van der Waals surface area contributed by atoms with Gasteiger partial charge in [0.25, 0.3) is 5.89 Å². The third-order valence-electron chi connectivity index (χ3n) is 4.27. The van der Waals surface area contributed by atoms with Gasteiger partial charge >= 0.3 is 0 Å². The lowest BCUT2D eigenvalue weighted by Crippen LogP contribution is -2.23. The second-order valence-electron chi connectivity index (χ2n) is 5.83. The molecule has 0 spiro atoms. The van der Waals surface area contributed by atoms with Crippen molar-refractivity contribution in [1.82, 2.24) is 15.0 Å². The second-order valence-corrected chi connectivity index (χ2v) is 7.42. The van der Waals surface area contributed by atoms with Gasteiger partial charge in [0.05, 0.1) is 22.2 Å². The lowest BCUT2D eigenvalue weighted by Gasteiger charge is -2.23. The highest BCUT2D eigenvalue weighted by Gasteiger charge is 2.27. The molecule has 124 valence electrons. The summed E-state index contributed by atoms with van der Waals surface area (Å²) in [5.74, 6) is 1.29. The van der Waals surface area contributed by atoms with E-state index in [1.807, 2.05) is 35.0 Å². The molecule has 0 saturated carbocycles. The van der Waals surface area contributed by atoms with E-state index in [1.165, 1.54) is 5.56 Å². The number of rotatable bonds is 4. The van der Waals surface area contributed by atoms with Crippen molar-refractivity contribution in [2.24, 2.45) is 0 Å². The Morgan fingerprint density at radius 1 is 1.25 bits per heavy atom. The fourth-order valence-electron chi connectivity index (χ4n) is 3.12. The van der Waals surface area contributed by atoms with E-state index in [9.17, 15) is 0 Å². The van der Waals surface area contributed by atoms with E-state index in [2.05, 4.69) is 15.0 Å². The van der Waals surface area contributed by atoms with Crippen molar-refractivity contribution in [1.29, 1.82) is 0 Å². The number of benzene rings is 1. The monoisotopic (exact) mass is 379 g/mol. The molecule has 1 unspecified atom stereocenters. The summed E-state index contributed by atoms with van der Waals surface area (Å²) in [5.41, 5.74) is 2.16. The first-order chi connectivity index (χ1) is 11.7. The van der Waals surface area contributed by atoms with Gasteiger partial charge in [-0.05, 0) is 48.5 Å². The summed E-state index contributed by atoms with van der Waals surface area (Å²) in [6, 6.07) is 8.15. The van der Waals surface area contributed by atoms with Crippen LogP contribution < -0.4 is 0 Å². The Hall–Kier alpha value is -1.40.